The highest BCUT2D eigenvalue weighted by atomic mass is 16.2. The highest BCUT2D eigenvalue weighted by Crippen LogP contribution is 2.21. The molecule has 0 spiro atoms. The summed E-state index contributed by atoms with van der Waals surface area (Å²) in [4.78, 5) is 29.0. The highest BCUT2D eigenvalue weighted by Gasteiger charge is 2.26. The van der Waals surface area contributed by atoms with Crippen molar-refractivity contribution in [1.29, 1.82) is 0 Å². The van der Waals surface area contributed by atoms with Gasteiger partial charge in [0.2, 0.25) is 0 Å². The smallest absolute Gasteiger partial charge is 0.313 e. The van der Waals surface area contributed by atoms with Gasteiger partial charge in [-0.2, -0.15) is 0 Å². The molecule has 1 N–H and O–H groups in total. The predicted octanol–water partition coefficient (Wildman–Crippen LogP) is 2.84. The first-order chi connectivity index (χ1) is 13.1. The molecule has 1 aliphatic heterocycles. The minimum Gasteiger partial charge on any atom is -0.332 e. The van der Waals surface area contributed by atoms with Crippen molar-refractivity contribution in [3.63, 3.8) is 0 Å². The summed E-state index contributed by atoms with van der Waals surface area (Å²) in [6.45, 7) is 7.57. The lowest BCUT2D eigenvalue weighted by Gasteiger charge is -2.34. The number of para-hydroxylation sites is 1. The van der Waals surface area contributed by atoms with Crippen LogP contribution in [0.15, 0.2) is 48.5 Å². The molecule has 0 aliphatic carbocycles. The maximum atomic E-state index is 12.6. The van der Waals surface area contributed by atoms with Crippen molar-refractivity contribution >= 4 is 17.5 Å². The Balaban J connectivity index is 1.55. The number of amides is 2. The Kier molecular flexibility index (Phi) is 6.24. The van der Waals surface area contributed by atoms with Crippen LogP contribution in [-0.2, 0) is 22.6 Å². The van der Waals surface area contributed by atoms with Gasteiger partial charge in [0.1, 0.15) is 0 Å². The fraction of sp³-hybridized carbons (Fsp3) is 0.364. The molecule has 3 rings (SSSR count). The zero-order valence-corrected chi connectivity index (χ0v) is 16.1. The van der Waals surface area contributed by atoms with Crippen LogP contribution in [0.2, 0.25) is 0 Å². The summed E-state index contributed by atoms with van der Waals surface area (Å²) in [5.41, 5.74) is 4.05. The Morgan fingerprint density at radius 2 is 1.67 bits per heavy atom. The SMILES string of the molecule is CCc1cccc(C)c1NC(=O)C(=O)N1CCN(Cc2ccccc2)CC1. The van der Waals surface area contributed by atoms with Crippen LogP contribution in [0.5, 0.6) is 0 Å². The fourth-order valence-electron chi connectivity index (χ4n) is 3.46. The number of anilines is 1. The third-order valence-corrected chi connectivity index (χ3v) is 5.08. The summed E-state index contributed by atoms with van der Waals surface area (Å²) in [6, 6.07) is 16.2. The second kappa shape index (κ2) is 8.82. The monoisotopic (exact) mass is 365 g/mol. The van der Waals surface area contributed by atoms with Gasteiger partial charge in [-0.1, -0.05) is 55.5 Å². The van der Waals surface area contributed by atoms with Gasteiger partial charge in [0.25, 0.3) is 0 Å². The molecule has 2 aromatic carbocycles. The maximum absolute atomic E-state index is 12.6. The summed E-state index contributed by atoms with van der Waals surface area (Å²) in [6.07, 6.45) is 0.809. The summed E-state index contributed by atoms with van der Waals surface area (Å²) < 4.78 is 0. The van der Waals surface area contributed by atoms with Crippen molar-refractivity contribution < 1.29 is 9.59 Å². The van der Waals surface area contributed by atoms with Gasteiger partial charge in [-0.05, 0) is 30.0 Å². The van der Waals surface area contributed by atoms with Crippen molar-refractivity contribution in [3.05, 3.63) is 65.2 Å². The number of hydrogen-bond acceptors (Lipinski definition) is 3. The van der Waals surface area contributed by atoms with Gasteiger partial charge in [0.15, 0.2) is 0 Å². The molecule has 1 saturated heterocycles. The van der Waals surface area contributed by atoms with Crippen LogP contribution in [0.25, 0.3) is 0 Å². The molecule has 142 valence electrons. The van der Waals surface area contributed by atoms with E-state index in [0.717, 1.165) is 42.9 Å². The van der Waals surface area contributed by atoms with E-state index < -0.39 is 11.8 Å². The zero-order chi connectivity index (χ0) is 19.2. The molecule has 0 atom stereocenters. The van der Waals surface area contributed by atoms with Crippen molar-refractivity contribution in [3.8, 4) is 0 Å². The Hall–Kier alpha value is -2.66. The average molecular weight is 365 g/mol. The van der Waals surface area contributed by atoms with Gasteiger partial charge in [-0.3, -0.25) is 14.5 Å². The third-order valence-electron chi connectivity index (χ3n) is 5.08. The van der Waals surface area contributed by atoms with E-state index >= 15 is 0 Å². The molecule has 0 bridgehead atoms. The quantitative estimate of drug-likeness (QED) is 0.848. The first-order valence-electron chi connectivity index (χ1n) is 9.53. The largest absolute Gasteiger partial charge is 0.332 e. The van der Waals surface area contributed by atoms with Gasteiger partial charge in [0.05, 0.1) is 0 Å². The van der Waals surface area contributed by atoms with Crippen molar-refractivity contribution in [1.82, 2.24) is 9.80 Å². The number of carbonyl (C=O) groups excluding carboxylic acids is 2. The minimum absolute atomic E-state index is 0.445. The van der Waals surface area contributed by atoms with Crippen LogP contribution < -0.4 is 5.32 Å². The lowest BCUT2D eigenvalue weighted by atomic mass is 10.1. The molecule has 1 heterocycles. The highest BCUT2D eigenvalue weighted by molar-refractivity contribution is 6.39. The Morgan fingerprint density at radius 1 is 0.963 bits per heavy atom. The second-order valence-electron chi connectivity index (χ2n) is 6.97. The van der Waals surface area contributed by atoms with E-state index in [0.29, 0.717) is 13.1 Å². The van der Waals surface area contributed by atoms with Crippen LogP contribution in [0.4, 0.5) is 5.69 Å². The topological polar surface area (TPSA) is 52.7 Å². The van der Waals surface area contributed by atoms with E-state index in [1.54, 1.807) is 4.90 Å². The van der Waals surface area contributed by atoms with Crippen LogP contribution in [0.3, 0.4) is 0 Å². The lowest BCUT2D eigenvalue weighted by molar-refractivity contribution is -0.144. The molecule has 5 nitrogen and oxygen atoms in total. The van der Waals surface area contributed by atoms with Crippen LogP contribution >= 0.6 is 0 Å². The molecule has 2 amide bonds. The number of piperazine rings is 1. The Bertz CT molecular complexity index is 796. The van der Waals surface area contributed by atoms with Gasteiger partial charge in [-0.25, -0.2) is 0 Å². The summed E-state index contributed by atoms with van der Waals surface area (Å²) >= 11 is 0. The summed E-state index contributed by atoms with van der Waals surface area (Å²) in [5, 5.41) is 2.83. The number of nitrogens with zero attached hydrogens (tertiary/aromatic N) is 2. The van der Waals surface area contributed by atoms with Gasteiger partial charge >= 0.3 is 11.8 Å². The summed E-state index contributed by atoms with van der Waals surface area (Å²) in [7, 11) is 0. The van der Waals surface area contributed by atoms with E-state index in [9.17, 15) is 9.59 Å². The molecule has 2 aromatic rings. The number of hydrogen-bond donors (Lipinski definition) is 1. The average Bonchev–Trinajstić information content (AvgIpc) is 2.70. The number of benzene rings is 2. The third kappa shape index (κ3) is 4.74. The first kappa shape index (κ1) is 19.1. The number of nitrogens with one attached hydrogen (secondary N) is 1. The molecule has 0 aromatic heterocycles. The number of aryl methyl sites for hydroxylation is 2. The van der Waals surface area contributed by atoms with Gasteiger partial charge in [-0.15, -0.1) is 0 Å². The molecular weight excluding hydrogens is 338 g/mol. The minimum atomic E-state index is -0.546. The zero-order valence-electron chi connectivity index (χ0n) is 16.1. The number of carbonyl (C=O) groups is 2. The molecular formula is C22H27N3O2. The summed E-state index contributed by atoms with van der Waals surface area (Å²) in [5.74, 6) is -0.991. The molecule has 0 unspecified atom stereocenters. The van der Waals surface area contributed by atoms with Crippen LogP contribution in [0.1, 0.15) is 23.6 Å². The molecule has 1 fully saturated rings. The number of rotatable bonds is 4. The van der Waals surface area contributed by atoms with E-state index in [2.05, 4.69) is 22.3 Å². The van der Waals surface area contributed by atoms with Crippen LogP contribution in [0, 0.1) is 6.92 Å². The standard InChI is InChI=1S/C22H27N3O2/c1-3-19-11-7-8-17(2)20(19)23-21(26)22(27)25-14-12-24(13-15-25)16-18-9-5-4-6-10-18/h4-11H,3,12-16H2,1-2H3,(H,23,26). The molecule has 1 aliphatic rings. The first-order valence-corrected chi connectivity index (χ1v) is 9.53. The molecule has 0 radical (unpaired) electrons. The molecule has 0 saturated carbocycles. The van der Waals surface area contributed by atoms with E-state index in [4.69, 9.17) is 0 Å². The van der Waals surface area contributed by atoms with E-state index in [1.165, 1.54) is 5.56 Å². The normalized spacial score (nSPS) is 14.8. The lowest BCUT2D eigenvalue weighted by Crippen LogP contribution is -2.51. The van der Waals surface area contributed by atoms with Crippen LogP contribution in [-0.4, -0.2) is 47.8 Å². The second-order valence-corrected chi connectivity index (χ2v) is 6.97. The van der Waals surface area contributed by atoms with E-state index in [1.807, 2.05) is 50.2 Å². The predicted molar refractivity (Wildman–Crippen MR) is 107 cm³/mol. The van der Waals surface area contributed by atoms with Gasteiger partial charge < -0.3 is 10.2 Å². The van der Waals surface area contributed by atoms with Crippen molar-refractivity contribution in [2.24, 2.45) is 0 Å². The maximum Gasteiger partial charge on any atom is 0.313 e. The molecule has 27 heavy (non-hydrogen) atoms. The fourth-order valence-corrected chi connectivity index (χ4v) is 3.46. The van der Waals surface area contributed by atoms with Crippen molar-refractivity contribution in [2.75, 3.05) is 31.5 Å². The Labute approximate surface area is 161 Å². The molecule has 5 heteroatoms. The Morgan fingerprint density at radius 3 is 2.33 bits per heavy atom. The van der Waals surface area contributed by atoms with Crippen molar-refractivity contribution in [2.45, 2.75) is 26.8 Å². The van der Waals surface area contributed by atoms with E-state index in [-0.39, 0.29) is 0 Å². The van der Waals surface area contributed by atoms with Gasteiger partial charge in [0, 0.05) is 38.4 Å².